The molecule has 220 valence electrons. The fourth-order valence-corrected chi connectivity index (χ4v) is 6.05. The molecule has 1 aliphatic heterocycles. The summed E-state index contributed by atoms with van der Waals surface area (Å²) >= 11 is 0. The summed E-state index contributed by atoms with van der Waals surface area (Å²) in [5, 5.41) is 0. The minimum Gasteiger partial charge on any atom is -0.467 e. The van der Waals surface area contributed by atoms with Gasteiger partial charge in [-0.15, -0.1) is 0 Å². The Kier molecular flexibility index (Phi) is 9.28. The van der Waals surface area contributed by atoms with Crippen molar-refractivity contribution in [3.63, 3.8) is 0 Å². The SMILES string of the molecule is CCN(CC)C(=O)c1ccc(C2=CC3(CCN(C(=O)OCc4ccccc4)CC3)Cc3ccccc32)c(OCOC)c1. The zero-order valence-corrected chi connectivity index (χ0v) is 24.8. The average Bonchev–Trinajstić information content (AvgIpc) is 3.03. The number of nitrogens with zero attached hydrogens (tertiary/aromatic N) is 2. The van der Waals surface area contributed by atoms with Crippen LogP contribution in [0.2, 0.25) is 0 Å². The van der Waals surface area contributed by atoms with Gasteiger partial charge in [0.25, 0.3) is 5.91 Å². The Hall–Kier alpha value is -4.10. The van der Waals surface area contributed by atoms with Gasteiger partial charge in [0, 0.05) is 44.4 Å². The van der Waals surface area contributed by atoms with E-state index in [1.165, 1.54) is 5.56 Å². The van der Waals surface area contributed by atoms with Crippen LogP contribution in [0, 0.1) is 5.41 Å². The highest BCUT2D eigenvalue weighted by Gasteiger charge is 2.39. The second-order valence-corrected chi connectivity index (χ2v) is 11.0. The highest BCUT2D eigenvalue weighted by molar-refractivity contribution is 5.96. The van der Waals surface area contributed by atoms with Gasteiger partial charge in [-0.2, -0.15) is 0 Å². The molecular weight excluding hydrogens is 528 g/mol. The van der Waals surface area contributed by atoms with Crippen LogP contribution in [0.25, 0.3) is 5.57 Å². The molecule has 5 rings (SSSR count). The Labute approximate surface area is 248 Å². The molecule has 1 spiro atoms. The molecule has 0 aromatic heterocycles. The van der Waals surface area contributed by atoms with Gasteiger partial charge in [-0.3, -0.25) is 4.79 Å². The van der Waals surface area contributed by atoms with E-state index in [1.807, 2.05) is 67.3 Å². The second-order valence-electron chi connectivity index (χ2n) is 11.0. The van der Waals surface area contributed by atoms with Crippen molar-refractivity contribution in [1.29, 1.82) is 0 Å². The van der Waals surface area contributed by atoms with Crippen LogP contribution in [0.3, 0.4) is 0 Å². The highest BCUT2D eigenvalue weighted by Crippen LogP contribution is 2.47. The van der Waals surface area contributed by atoms with Crippen LogP contribution in [0.1, 0.15) is 59.3 Å². The third kappa shape index (κ3) is 6.36. The van der Waals surface area contributed by atoms with E-state index in [1.54, 1.807) is 12.0 Å². The number of carbonyl (C=O) groups excluding carboxylic acids is 2. The van der Waals surface area contributed by atoms with Crippen LogP contribution in [-0.4, -0.2) is 61.9 Å². The average molecular weight is 569 g/mol. The summed E-state index contributed by atoms with van der Waals surface area (Å²) in [7, 11) is 1.59. The number of methoxy groups -OCH3 is 1. The predicted octanol–water partition coefficient (Wildman–Crippen LogP) is 6.56. The van der Waals surface area contributed by atoms with E-state index in [0.717, 1.165) is 41.5 Å². The summed E-state index contributed by atoms with van der Waals surface area (Å²) in [5.41, 5.74) is 5.93. The zero-order chi connectivity index (χ0) is 29.5. The molecule has 3 aromatic rings. The number of likely N-dealkylation sites (tertiary alicyclic amines) is 1. The summed E-state index contributed by atoms with van der Waals surface area (Å²) in [5.74, 6) is 0.602. The molecular formula is C35H40N2O5. The number of hydrogen-bond donors (Lipinski definition) is 0. The van der Waals surface area contributed by atoms with Crippen molar-refractivity contribution < 1.29 is 23.8 Å². The van der Waals surface area contributed by atoms with E-state index in [4.69, 9.17) is 14.2 Å². The largest absolute Gasteiger partial charge is 0.467 e. The minimum atomic E-state index is -0.266. The number of benzene rings is 3. The first-order valence-corrected chi connectivity index (χ1v) is 14.8. The van der Waals surface area contributed by atoms with Gasteiger partial charge in [0.2, 0.25) is 0 Å². The van der Waals surface area contributed by atoms with Crippen molar-refractivity contribution in [2.24, 2.45) is 5.41 Å². The van der Waals surface area contributed by atoms with Gasteiger partial charge in [0.15, 0.2) is 6.79 Å². The van der Waals surface area contributed by atoms with Crippen molar-refractivity contribution in [2.75, 3.05) is 40.1 Å². The maximum Gasteiger partial charge on any atom is 0.410 e. The number of hydrogen-bond acceptors (Lipinski definition) is 5. The van der Waals surface area contributed by atoms with E-state index in [2.05, 4.69) is 30.3 Å². The topological polar surface area (TPSA) is 68.3 Å². The molecule has 0 atom stereocenters. The van der Waals surface area contributed by atoms with Crippen molar-refractivity contribution in [3.05, 3.63) is 107 Å². The standard InChI is InChI=1S/C35H40N2O5/c1-4-36(5-2)33(38)27-15-16-30(32(21-27)42-25-40-3)31-23-35(22-28-13-9-10-14-29(28)31)17-19-37(20-18-35)34(39)41-24-26-11-7-6-8-12-26/h6-16,21,23H,4-5,17-20,22,24-25H2,1-3H3. The molecule has 2 aliphatic rings. The Morgan fingerprint density at radius 3 is 2.33 bits per heavy atom. The fraction of sp³-hybridized carbons (Fsp3) is 0.371. The van der Waals surface area contributed by atoms with Gasteiger partial charge in [-0.25, -0.2) is 4.79 Å². The molecule has 2 amide bonds. The maximum absolute atomic E-state index is 13.2. The molecule has 0 N–H and O–H groups in total. The van der Waals surface area contributed by atoms with Gasteiger partial charge in [-0.05, 0) is 79.0 Å². The summed E-state index contributed by atoms with van der Waals surface area (Å²) in [6, 6.07) is 24.0. The van der Waals surface area contributed by atoms with E-state index < -0.39 is 0 Å². The van der Waals surface area contributed by atoms with Gasteiger partial charge in [-0.1, -0.05) is 60.7 Å². The Morgan fingerprint density at radius 2 is 1.62 bits per heavy atom. The first-order chi connectivity index (χ1) is 20.5. The zero-order valence-electron chi connectivity index (χ0n) is 24.8. The van der Waals surface area contributed by atoms with Crippen molar-refractivity contribution in [1.82, 2.24) is 9.80 Å². The molecule has 1 aliphatic carbocycles. The van der Waals surface area contributed by atoms with Crippen molar-refractivity contribution in [2.45, 2.75) is 39.7 Å². The number of allylic oxidation sites excluding steroid dienone is 1. The Bertz CT molecular complexity index is 1420. The number of fused-ring (bicyclic) bond motifs is 1. The van der Waals surface area contributed by atoms with E-state index in [-0.39, 0.29) is 30.8 Å². The van der Waals surface area contributed by atoms with E-state index in [0.29, 0.717) is 37.5 Å². The molecule has 7 nitrogen and oxygen atoms in total. The van der Waals surface area contributed by atoms with Gasteiger partial charge in [0.05, 0.1) is 0 Å². The van der Waals surface area contributed by atoms with Crippen molar-refractivity contribution >= 4 is 17.6 Å². The van der Waals surface area contributed by atoms with Crippen LogP contribution in [-0.2, 0) is 22.5 Å². The lowest BCUT2D eigenvalue weighted by Crippen LogP contribution is -2.44. The molecule has 0 radical (unpaired) electrons. The van der Waals surface area contributed by atoms with Gasteiger partial charge < -0.3 is 24.0 Å². The second kappa shape index (κ2) is 13.3. The minimum absolute atomic E-state index is 0.0187. The molecule has 0 unspecified atom stereocenters. The molecule has 3 aromatic carbocycles. The fourth-order valence-electron chi connectivity index (χ4n) is 6.05. The van der Waals surface area contributed by atoms with E-state index in [9.17, 15) is 9.59 Å². The molecule has 1 saturated heterocycles. The summed E-state index contributed by atoms with van der Waals surface area (Å²) in [6.07, 6.45) is 4.68. The number of carbonyl (C=O) groups is 2. The molecule has 1 heterocycles. The lowest BCUT2D eigenvalue weighted by molar-refractivity contribution is 0.0507. The first-order valence-electron chi connectivity index (χ1n) is 14.8. The van der Waals surface area contributed by atoms with Gasteiger partial charge in [0.1, 0.15) is 12.4 Å². The first kappa shape index (κ1) is 29.4. The summed E-state index contributed by atoms with van der Waals surface area (Å²) in [4.78, 5) is 29.7. The quantitative estimate of drug-likeness (QED) is 0.274. The lowest BCUT2D eigenvalue weighted by Gasteiger charge is -2.43. The third-order valence-corrected chi connectivity index (χ3v) is 8.42. The van der Waals surface area contributed by atoms with Crippen molar-refractivity contribution in [3.8, 4) is 5.75 Å². The number of ether oxygens (including phenoxy) is 3. The highest BCUT2D eigenvalue weighted by atomic mass is 16.7. The van der Waals surface area contributed by atoms with Crippen LogP contribution in [0.15, 0.2) is 78.9 Å². The van der Waals surface area contributed by atoms with Crippen LogP contribution in [0.5, 0.6) is 5.75 Å². The summed E-state index contributed by atoms with van der Waals surface area (Å²) < 4.78 is 16.9. The lowest BCUT2D eigenvalue weighted by atomic mass is 9.67. The Balaban J connectivity index is 1.42. The monoisotopic (exact) mass is 568 g/mol. The number of rotatable bonds is 9. The maximum atomic E-state index is 13.2. The molecule has 0 bridgehead atoms. The smallest absolute Gasteiger partial charge is 0.410 e. The number of amides is 2. The predicted molar refractivity (Wildman–Crippen MR) is 163 cm³/mol. The molecule has 7 heteroatoms. The van der Waals surface area contributed by atoms with Gasteiger partial charge >= 0.3 is 6.09 Å². The molecule has 42 heavy (non-hydrogen) atoms. The summed E-state index contributed by atoms with van der Waals surface area (Å²) in [6.45, 7) is 6.86. The molecule has 1 fully saturated rings. The van der Waals surface area contributed by atoms with Crippen LogP contribution >= 0.6 is 0 Å². The molecule has 0 saturated carbocycles. The Morgan fingerprint density at radius 1 is 0.905 bits per heavy atom. The van der Waals surface area contributed by atoms with Crippen LogP contribution < -0.4 is 4.74 Å². The third-order valence-electron chi connectivity index (χ3n) is 8.42. The number of piperidine rings is 1. The van der Waals surface area contributed by atoms with Crippen LogP contribution in [0.4, 0.5) is 4.79 Å². The van der Waals surface area contributed by atoms with E-state index >= 15 is 0 Å². The normalized spacial score (nSPS) is 15.5.